The monoisotopic (exact) mass is 410 g/mol. The molecule has 0 aliphatic carbocycles. The van der Waals surface area contributed by atoms with Crippen LogP contribution in [0.15, 0.2) is 53.4 Å². The molecule has 2 aliphatic rings. The molecule has 0 unspecified atom stereocenters. The lowest BCUT2D eigenvalue weighted by Gasteiger charge is -2.15. The van der Waals surface area contributed by atoms with Crippen molar-refractivity contribution >= 4 is 32.4 Å². The second-order valence-corrected chi connectivity index (χ2v) is 8.61. The molecule has 0 atom stereocenters. The summed E-state index contributed by atoms with van der Waals surface area (Å²) < 4.78 is 39.4. The average Bonchev–Trinajstić information content (AvgIpc) is 3.30. The predicted molar refractivity (Wildman–Crippen MR) is 108 cm³/mol. The molecule has 1 N–H and O–H groups in total. The van der Waals surface area contributed by atoms with E-state index in [0.29, 0.717) is 34.4 Å². The lowest BCUT2D eigenvalue weighted by molar-refractivity contribution is 0.0994. The second kappa shape index (κ2) is 6.47. The predicted octanol–water partition coefficient (Wildman–Crippen LogP) is 3.03. The maximum Gasteiger partial charge on any atom is 0.258 e. The molecule has 3 aromatic rings. The maximum absolute atomic E-state index is 13.1. The van der Waals surface area contributed by atoms with Crippen LogP contribution in [-0.2, 0) is 16.6 Å². The molecule has 0 radical (unpaired) electrons. The van der Waals surface area contributed by atoms with Gasteiger partial charge in [0, 0.05) is 29.4 Å². The minimum atomic E-state index is -3.80. The van der Waals surface area contributed by atoms with Gasteiger partial charge in [-0.3, -0.25) is 4.79 Å². The van der Waals surface area contributed by atoms with Gasteiger partial charge in [0.05, 0.1) is 10.6 Å². The zero-order valence-corrected chi connectivity index (χ0v) is 16.5. The summed E-state index contributed by atoms with van der Waals surface area (Å²) in [6.07, 6.45) is 0. The fourth-order valence-corrected chi connectivity index (χ4v) is 5.09. The molecule has 2 heterocycles. The van der Waals surface area contributed by atoms with Gasteiger partial charge in [0.25, 0.3) is 5.91 Å². The van der Waals surface area contributed by atoms with E-state index in [9.17, 15) is 13.2 Å². The minimum absolute atomic E-state index is 0.101. The van der Waals surface area contributed by atoms with Crippen LogP contribution in [0.25, 0.3) is 10.8 Å². The molecule has 0 fully saturated rings. The van der Waals surface area contributed by atoms with Gasteiger partial charge in [-0.25, -0.2) is 13.1 Å². The summed E-state index contributed by atoms with van der Waals surface area (Å²) in [6.45, 7) is 2.70. The van der Waals surface area contributed by atoms with Gasteiger partial charge in [0.2, 0.25) is 16.8 Å². The Bertz CT molecular complexity index is 1270. The molecule has 2 aliphatic heterocycles. The van der Waals surface area contributed by atoms with Crippen molar-refractivity contribution in [2.24, 2.45) is 0 Å². The van der Waals surface area contributed by atoms with Crippen molar-refractivity contribution in [2.45, 2.75) is 18.4 Å². The van der Waals surface area contributed by atoms with Gasteiger partial charge in [-0.1, -0.05) is 18.2 Å². The van der Waals surface area contributed by atoms with Crippen molar-refractivity contribution < 1.29 is 22.7 Å². The summed E-state index contributed by atoms with van der Waals surface area (Å²) in [5, 5.41) is 1.23. The number of carbonyl (C=O) groups excluding carboxylic acids is 1. The Kier molecular flexibility index (Phi) is 4.01. The molecule has 5 rings (SSSR count). The van der Waals surface area contributed by atoms with E-state index in [1.54, 1.807) is 53.4 Å². The number of ether oxygens (including phenoxy) is 2. The Balaban J connectivity index is 1.51. The highest BCUT2D eigenvalue weighted by atomic mass is 32.2. The standard InChI is InChI=1S/C21H18N2O5S/c1-2-23-16-7-9-19(14-4-3-5-15(20(14)16)21(23)24)29(25,26)22-11-13-6-8-17-18(10-13)28-12-27-17/h3-10,22H,2,11-12H2,1H3. The fraction of sp³-hybridized carbons (Fsp3) is 0.190. The summed E-state index contributed by atoms with van der Waals surface area (Å²) in [5.74, 6) is 1.15. The van der Waals surface area contributed by atoms with Crippen molar-refractivity contribution in [3.05, 3.63) is 59.7 Å². The summed E-state index contributed by atoms with van der Waals surface area (Å²) in [5.41, 5.74) is 2.04. The molecule has 0 bridgehead atoms. The third-order valence-corrected chi connectivity index (χ3v) is 6.71. The first-order valence-corrected chi connectivity index (χ1v) is 10.7. The first-order valence-electron chi connectivity index (χ1n) is 9.25. The van der Waals surface area contributed by atoms with Crippen molar-refractivity contribution in [1.29, 1.82) is 0 Å². The summed E-state index contributed by atoms with van der Waals surface area (Å²) in [6, 6.07) is 13.8. The molecule has 1 amide bonds. The summed E-state index contributed by atoms with van der Waals surface area (Å²) in [7, 11) is -3.80. The van der Waals surface area contributed by atoms with Crippen LogP contribution in [0.4, 0.5) is 5.69 Å². The van der Waals surface area contributed by atoms with Gasteiger partial charge in [-0.2, -0.15) is 0 Å². The molecule has 0 aromatic heterocycles. The molecular weight excluding hydrogens is 392 g/mol. The van der Waals surface area contributed by atoms with E-state index in [2.05, 4.69) is 4.72 Å². The van der Waals surface area contributed by atoms with Gasteiger partial charge >= 0.3 is 0 Å². The SMILES string of the molecule is CCN1C(=O)c2cccc3c(S(=O)(=O)NCc4ccc5c(c4)OCO5)ccc1c23. The molecule has 29 heavy (non-hydrogen) atoms. The lowest BCUT2D eigenvalue weighted by atomic mass is 10.1. The molecule has 0 saturated carbocycles. The third kappa shape index (κ3) is 2.75. The van der Waals surface area contributed by atoms with Crippen molar-refractivity contribution in [2.75, 3.05) is 18.2 Å². The average molecular weight is 410 g/mol. The number of sulfonamides is 1. The van der Waals surface area contributed by atoms with Crippen LogP contribution in [0.5, 0.6) is 11.5 Å². The summed E-state index contributed by atoms with van der Waals surface area (Å²) in [4.78, 5) is 14.4. The highest BCUT2D eigenvalue weighted by molar-refractivity contribution is 7.89. The quantitative estimate of drug-likeness (QED) is 0.699. The lowest BCUT2D eigenvalue weighted by Crippen LogP contribution is -2.26. The molecule has 8 heteroatoms. The van der Waals surface area contributed by atoms with Crippen LogP contribution in [0.3, 0.4) is 0 Å². The molecule has 0 spiro atoms. The van der Waals surface area contributed by atoms with E-state index in [4.69, 9.17) is 9.47 Å². The van der Waals surface area contributed by atoms with Crippen LogP contribution < -0.4 is 19.1 Å². The Labute approximate surface area is 167 Å². The first-order chi connectivity index (χ1) is 14.0. The second-order valence-electron chi connectivity index (χ2n) is 6.87. The number of anilines is 1. The van der Waals surface area contributed by atoms with Crippen LogP contribution in [-0.4, -0.2) is 27.7 Å². The Hall–Kier alpha value is -3.10. The fourth-order valence-electron chi connectivity index (χ4n) is 3.87. The van der Waals surface area contributed by atoms with Crippen molar-refractivity contribution in [3.8, 4) is 11.5 Å². The van der Waals surface area contributed by atoms with Gasteiger partial charge in [-0.05, 0) is 42.8 Å². The smallest absolute Gasteiger partial charge is 0.258 e. The number of fused-ring (bicyclic) bond motifs is 1. The molecule has 0 saturated heterocycles. The molecular formula is C21H18N2O5S. The van der Waals surface area contributed by atoms with Crippen LogP contribution >= 0.6 is 0 Å². The van der Waals surface area contributed by atoms with E-state index in [-0.39, 0.29) is 24.1 Å². The zero-order valence-electron chi connectivity index (χ0n) is 15.6. The Morgan fingerprint density at radius 3 is 2.72 bits per heavy atom. The topological polar surface area (TPSA) is 84.9 Å². The summed E-state index contributed by atoms with van der Waals surface area (Å²) >= 11 is 0. The van der Waals surface area contributed by atoms with Gasteiger partial charge in [0.15, 0.2) is 11.5 Å². The number of nitrogens with zero attached hydrogens (tertiary/aromatic N) is 1. The number of carbonyl (C=O) groups is 1. The van der Waals surface area contributed by atoms with Gasteiger partial charge in [0.1, 0.15) is 0 Å². The maximum atomic E-state index is 13.1. The first kappa shape index (κ1) is 18.0. The van der Waals surface area contributed by atoms with E-state index in [1.807, 2.05) is 6.92 Å². The number of amides is 1. The van der Waals surface area contributed by atoms with Crippen molar-refractivity contribution in [3.63, 3.8) is 0 Å². The number of rotatable bonds is 5. The van der Waals surface area contributed by atoms with Crippen LogP contribution in [0.2, 0.25) is 0 Å². The van der Waals surface area contributed by atoms with Gasteiger partial charge < -0.3 is 14.4 Å². The zero-order chi connectivity index (χ0) is 20.2. The molecule has 3 aromatic carbocycles. The normalized spacial score (nSPS) is 14.8. The largest absolute Gasteiger partial charge is 0.454 e. The molecule has 148 valence electrons. The Morgan fingerprint density at radius 1 is 1.07 bits per heavy atom. The van der Waals surface area contributed by atoms with Crippen LogP contribution in [0.1, 0.15) is 22.8 Å². The van der Waals surface area contributed by atoms with Crippen molar-refractivity contribution in [1.82, 2.24) is 4.72 Å². The number of nitrogens with one attached hydrogen (secondary N) is 1. The Morgan fingerprint density at radius 2 is 1.90 bits per heavy atom. The van der Waals surface area contributed by atoms with E-state index >= 15 is 0 Å². The number of hydrogen-bond donors (Lipinski definition) is 1. The number of benzene rings is 3. The highest BCUT2D eigenvalue weighted by Gasteiger charge is 2.31. The number of hydrogen-bond acceptors (Lipinski definition) is 5. The molecule has 7 nitrogen and oxygen atoms in total. The van der Waals surface area contributed by atoms with E-state index in [0.717, 1.165) is 11.3 Å². The van der Waals surface area contributed by atoms with Gasteiger partial charge in [-0.15, -0.1) is 0 Å². The van der Waals surface area contributed by atoms with E-state index < -0.39 is 10.0 Å². The third-order valence-electron chi connectivity index (χ3n) is 5.25. The highest BCUT2D eigenvalue weighted by Crippen LogP contribution is 2.40. The van der Waals surface area contributed by atoms with Crippen LogP contribution in [0, 0.1) is 0 Å². The van der Waals surface area contributed by atoms with E-state index in [1.165, 1.54) is 0 Å². The minimum Gasteiger partial charge on any atom is -0.454 e.